The lowest BCUT2D eigenvalue weighted by atomic mass is 10.1. The molecule has 2 rings (SSSR count). The molecule has 0 bridgehead atoms. The van der Waals surface area contributed by atoms with Gasteiger partial charge in [0, 0.05) is 17.4 Å². The average molecular weight is 228 g/mol. The molecule has 0 saturated heterocycles. The van der Waals surface area contributed by atoms with E-state index in [0.29, 0.717) is 17.0 Å². The highest BCUT2D eigenvalue weighted by Crippen LogP contribution is 2.21. The molecule has 0 aliphatic rings. The number of benzene rings is 1. The van der Waals surface area contributed by atoms with Crippen LogP contribution in [-0.4, -0.2) is 17.9 Å². The number of methoxy groups -OCH3 is 1. The lowest BCUT2D eigenvalue weighted by Crippen LogP contribution is -2.08. The number of nitrogens with zero attached hydrogens (tertiary/aromatic N) is 1. The largest absolute Gasteiger partial charge is 0.494 e. The van der Waals surface area contributed by atoms with Crippen molar-refractivity contribution in [3.8, 4) is 5.75 Å². The smallest absolute Gasteiger partial charge is 0.217 e. The maximum Gasteiger partial charge on any atom is 0.217 e. The highest BCUT2D eigenvalue weighted by molar-refractivity contribution is 6.12. The van der Waals surface area contributed by atoms with Crippen molar-refractivity contribution in [3.63, 3.8) is 0 Å². The molecule has 0 saturated carbocycles. The monoisotopic (exact) mass is 228 g/mol. The van der Waals surface area contributed by atoms with E-state index in [-0.39, 0.29) is 11.5 Å². The van der Waals surface area contributed by atoms with Crippen molar-refractivity contribution in [3.05, 3.63) is 53.9 Å². The molecule has 0 spiro atoms. The molecule has 86 valence electrons. The second-order valence-corrected chi connectivity index (χ2v) is 3.47. The van der Waals surface area contributed by atoms with Crippen molar-refractivity contribution in [1.82, 2.24) is 4.98 Å². The molecular weight excluding hydrogens is 216 g/mol. The number of carbonyl (C=O) groups is 1. The quantitative estimate of drug-likeness (QED) is 0.643. The molecule has 2 aromatic rings. The first-order chi connectivity index (χ1) is 8.24. The van der Waals surface area contributed by atoms with E-state index in [9.17, 15) is 4.79 Å². The molecular formula is C13H12N2O2. The Hall–Kier alpha value is -2.36. The van der Waals surface area contributed by atoms with Crippen molar-refractivity contribution in [2.24, 2.45) is 0 Å². The second kappa shape index (κ2) is 4.65. The standard InChI is InChI=1S/C13H12N2O2/c1-17-11-7-4-8-15-12(11)13(16)9-5-2-3-6-10(9)14/h2-8H,14H2,1H3. The zero-order chi connectivity index (χ0) is 12.3. The van der Waals surface area contributed by atoms with Gasteiger partial charge in [-0.25, -0.2) is 4.98 Å². The van der Waals surface area contributed by atoms with Crippen molar-refractivity contribution >= 4 is 11.5 Å². The topological polar surface area (TPSA) is 65.2 Å². The van der Waals surface area contributed by atoms with E-state index in [1.54, 1.807) is 42.6 Å². The molecule has 0 aliphatic heterocycles. The van der Waals surface area contributed by atoms with Crippen LogP contribution in [0.15, 0.2) is 42.6 Å². The number of aromatic nitrogens is 1. The number of ether oxygens (including phenoxy) is 1. The number of para-hydroxylation sites is 1. The summed E-state index contributed by atoms with van der Waals surface area (Å²) in [6.07, 6.45) is 1.55. The number of carbonyl (C=O) groups excluding carboxylic acids is 1. The first kappa shape index (κ1) is 11.1. The average Bonchev–Trinajstić information content (AvgIpc) is 2.38. The third-order valence-electron chi connectivity index (χ3n) is 2.41. The van der Waals surface area contributed by atoms with Crippen LogP contribution in [0.25, 0.3) is 0 Å². The molecule has 17 heavy (non-hydrogen) atoms. The third kappa shape index (κ3) is 2.10. The molecule has 1 aromatic heterocycles. The van der Waals surface area contributed by atoms with Gasteiger partial charge in [0.2, 0.25) is 5.78 Å². The van der Waals surface area contributed by atoms with Crippen molar-refractivity contribution < 1.29 is 9.53 Å². The summed E-state index contributed by atoms with van der Waals surface area (Å²) >= 11 is 0. The summed E-state index contributed by atoms with van der Waals surface area (Å²) in [5.74, 6) is 0.210. The number of ketones is 1. The molecule has 4 nitrogen and oxygen atoms in total. The second-order valence-electron chi connectivity index (χ2n) is 3.47. The minimum Gasteiger partial charge on any atom is -0.494 e. The number of nitrogens with two attached hydrogens (primary N) is 1. The normalized spacial score (nSPS) is 9.94. The van der Waals surface area contributed by atoms with E-state index in [1.807, 2.05) is 0 Å². The number of hydrogen-bond donors (Lipinski definition) is 1. The van der Waals surface area contributed by atoms with Crippen molar-refractivity contribution in [2.45, 2.75) is 0 Å². The number of pyridine rings is 1. The zero-order valence-corrected chi connectivity index (χ0v) is 9.38. The molecule has 0 radical (unpaired) electrons. The van der Waals surface area contributed by atoms with Crippen LogP contribution in [0.5, 0.6) is 5.75 Å². The van der Waals surface area contributed by atoms with Gasteiger partial charge in [-0.2, -0.15) is 0 Å². The number of anilines is 1. The Balaban J connectivity index is 2.48. The summed E-state index contributed by atoms with van der Waals surface area (Å²) in [4.78, 5) is 16.3. The summed E-state index contributed by atoms with van der Waals surface area (Å²) in [6, 6.07) is 10.3. The van der Waals surface area contributed by atoms with Gasteiger partial charge in [-0.15, -0.1) is 0 Å². The van der Waals surface area contributed by atoms with Crippen LogP contribution in [0, 0.1) is 0 Å². The lowest BCUT2D eigenvalue weighted by Gasteiger charge is -2.07. The van der Waals surface area contributed by atoms with Gasteiger partial charge in [-0.3, -0.25) is 4.79 Å². The Morgan fingerprint density at radius 1 is 1.24 bits per heavy atom. The predicted octanol–water partition coefficient (Wildman–Crippen LogP) is 1.90. The maximum absolute atomic E-state index is 12.2. The lowest BCUT2D eigenvalue weighted by molar-refractivity contribution is 0.103. The van der Waals surface area contributed by atoms with Gasteiger partial charge >= 0.3 is 0 Å². The zero-order valence-electron chi connectivity index (χ0n) is 9.38. The van der Waals surface area contributed by atoms with Crippen LogP contribution < -0.4 is 10.5 Å². The minimum atomic E-state index is -0.236. The first-order valence-corrected chi connectivity index (χ1v) is 5.12. The summed E-state index contributed by atoms with van der Waals surface area (Å²) in [5.41, 5.74) is 6.90. The first-order valence-electron chi connectivity index (χ1n) is 5.12. The highest BCUT2D eigenvalue weighted by atomic mass is 16.5. The van der Waals surface area contributed by atoms with Crippen LogP contribution in [0.2, 0.25) is 0 Å². The number of rotatable bonds is 3. The van der Waals surface area contributed by atoms with E-state index >= 15 is 0 Å². The summed E-state index contributed by atoms with van der Waals surface area (Å²) in [6.45, 7) is 0. The molecule has 2 N–H and O–H groups in total. The SMILES string of the molecule is COc1cccnc1C(=O)c1ccccc1N. The van der Waals surface area contributed by atoms with Gasteiger partial charge in [0.05, 0.1) is 7.11 Å². The summed E-state index contributed by atoms with van der Waals surface area (Å²) in [5, 5.41) is 0. The van der Waals surface area contributed by atoms with Crippen LogP contribution in [0.4, 0.5) is 5.69 Å². The molecule has 1 heterocycles. The Bertz CT molecular complexity index is 553. The van der Waals surface area contributed by atoms with E-state index < -0.39 is 0 Å². The summed E-state index contributed by atoms with van der Waals surface area (Å²) in [7, 11) is 1.50. The third-order valence-corrected chi connectivity index (χ3v) is 2.41. The molecule has 1 aromatic carbocycles. The number of hydrogen-bond acceptors (Lipinski definition) is 4. The Labute approximate surface area is 99.1 Å². The fourth-order valence-electron chi connectivity index (χ4n) is 1.56. The van der Waals surface area contributed by atoms with Gasteiger partial charge < -0.3 is 10.5 Å². The van der Waals surface area contributed by atoms with Crippen LogP contribution in [0.1, 0.15) is 16.1 Å². The molecule has 0 aliphatic carbocycles. The predicted molar refractivity (Wildman–Crippen MR) is 65.1 cm³/mol. The Morgan fingerprint density at radius 3 is 2.71 bits per heavy atom. The molecule has 0 amide bonds. The maximum atomic E-state index is 12.2. The van der Waals surface area contributed by atoms with Gasteiger partial charge in [0.15, 0.2) is 5.69 Å². The Morgan fingerprint density at radius 2 is 2.00 bits per heavy atom. The van der Waals surface area contributed by atoms with E-state index in [1.165, 1.54) is 7.11 Å². The van der Waals surface area contributed by atoms with Crippen LogP contribution in [-0.2, 0) is 0 Å². The Kier molecular flexibility index (Phi) is 3.05. The molecule has 4 heteroatoms. The van der Waals surface area contributed by atoms with E-state index in [2.05, 4.69) is 4.98 Å². The van der Waals surface area contributed by atoms with Crippen molar-refractivity contribution in [2.75, 3.05) is 12.8 Å². The molecule has 0 atom stereocenters. The fourth-order valence-corrected chi connectivity index (χ4v) is 1.56. The van der Waals surface area contributed by atoms with E-state index in [4.69, 9.17) is 10.5 Å². The van der Waals surface area contributed by atoms with Gasteiger partial charge in [0.25, 0.3) is 0 Å². The van der Waals surface area contributed by atoms with Gasteiger partial charge in [-0.1, -0.05) is 12.1 Å². The highest BCUT2D eigenvalue weighted by Gasteiger charge is 2.17. The summed E-state index contributed by atoms with van der Waals surface area (Å²) < 4.78 is 5.10. The fraction of sp³-hybridized carbons (Fsp3) is 0.0769. The van der Waals surface area contributed by atoms with Crippen molar-refractivity contribution in [1.29, 1.82) is 0 Å². The number of nitrogen functional groups attached to an aromatic ring is 1. The molecule has 0 fully saturated rings. The minimum absolute atomic E-state index is 0.236. The van der Waals surface area contributed by atoms with Gasteiger partial charge in [0.1, 0.15) is 5.75 Å². The van der Waals surface area contributed by atoms with Crippen LogP contribution in [0.3, 0.4) is 0 Å². The van der Waals surface area contributed by atoms with Crippen LogP contribution >= 0.6 is 0 Å². The van der Waals surface area contributed by atoms with E-state index in [0.717, 1.165) is 0 Å². The van der Waals surface area contributed by atoms with Gasteiger partial charge in [-0.05, 0) is 24.3 Å². The molecule has 0 unspecified atom stereocenters.